The van der Waals surface area contributed by atoms with Gasteiger partial charge in [-0.15, -0.1) is 0 Å². The maximum atomic E-state index is 13.6. The molecule has 0 aromatic heterocycles. The third kappa shape index (κ3) is 3.70. The number of hydrogen-bond donors (Lipinski definition) is 2. The fraction of sp³-hybridized carbons (Fsp3) is 0.533. The van der Waals surface area contributed by atoms with Gasteiger partial charge in [-0.25, -0.2) is 4.39 Å². The zero-order valence-corrected chi connectivity index (χ0v) is 12.2. The second kappa shape index (κ2) is 6.22. The molecule has 0 aliphatic carbocycles. The lowest BCUT2D eigenvalue weighted by Gasteiger charge is -2.21. The molecule has 2 rings (SSSR count). The zero-order chi connectivity index (χ0) is 14.7. The number of nitrogens with zero attached hydrogens (tertiary/aromatic N) is 1. The lowest BCUT2D eigenvalue weighted by atomic mass is 10.2. The average molecular weight is 279 g/mol. The van der Waals surface area contributed by atoms with Gasteiger partial charge in [0.15, 0.2) is 0 Å². The van der Waals surface area contributed by atoms with Crippen LogP contribution in [0.2, 0.25) is 0 Å². The van der Waals surface area contributed by atoms with Crippen LogP contribution >= 0.6 is 0 Å². The van der Waals surface area contributed by atoms with E-state index in [4.69, 9.17) is 0 Å². The number of hydrogen-bond acceptors (Lipinski definition) is 3. The molecule has 1 amide bonds. The topological polar surface area (TPSA) is 44.4 Å². The number of nitrogens with one attached hydrogen (secondary N) is 2. The third-order valence-corrected chi connectivity index (χ3v) is 3.60. The molecule has 1 atom stereocenters. The smallest absolute Gasteiger partial charge is 0.221 e. The van der Waals surface area contributed by atoms with Crippen molar-refractivity contribution in [2.24, 2.45) is 0 Å². The summed E-state index contributed by atoms with van der Waals surface area (Å²) in [6.07, 6.45) is 1.07. The fourth-order valence-corrected chi connectivity index (χ4v) is 2.51. The number of carbonyl (C=O) groups is 1. The predicted molar refractivity (Wildman–Crippen MR) is 79.4 cm³/mol. The van der Waals surface area contributed by atoms with Gasteiger partial charge in [0.2, 0.25) is 5.91 Å². The summed E-state index contributed by atoms with van der Waals surface area (Å²) in [4.78, 5) is 13.4. The molecular weight excluding hydrogens is 257 g/mol. The van der Waals surface area contributed by atoms with Crippen molar-refractivity contribution in [3.63, 3.8) is 0 Å². The van der Waals surface area contributed by atoms with Crippen LogP contribution in [-0.2, 0) is 4.79 Å². The molecule has 4 nitrogen and oxygen atoms in total. The summed E-state index contributed by atoms with van der Waals surface area (Å²) in [6.45, 7) is 7.82. The maximum absolute atomic E-state index is 13.6. The van der Waals surface area contributed by atoms with Gasteiger partial charge >= 0.3 is 0 Å². The van der Waals surface area contributed by atoms with E-state index >= 15 is 0 Å². The van der Waals surface area contributed by atoms with Crippen LogP contribution in [0.25, 0.3) is 0 Å². The van der Waals surface area contributed by atoms with Gasteiger partial charge in [0, 0.05) is 37.8 Å². The third-order valence-electron chi connectivity index (χ3n) is 3.60. The second-order valence-electron chi connectivity index (χ2n) is 5.59. The molecule has 0 spiro atoms. The number of likely N-dealkylation sites (tertiary alicyclic amines) is 1. The van der Waals surface area contributed by atoms with Crippen molar-refractivity contribution in [3.8, 4) is 0 Å². The van der Waals surface area contributed by atoms with Crippen molar-refractivity contribution in [1.82, 2.24) is 4.90 Å². The standard InChI is InChI=1S/C15H22FN3O/c1-10(2)19-7-6-13(9-19)18-12-4-5-14(16)15(8-12)17-11(3)20/h4-5,8,10,13,18H,6-7,9H2,1-3H3,(H,17,20). The van der Waals surface area contributed by atoms with Crippen molar-refractivity contribution < 1.29 is 9.18 Å². The Morgan fingerprint density at radius 3 is 2.80 bits per heavy atom. The van der Waals surface area contributed by atoms with E-state index in [1.807, 2.05) is 0 Å². The van der Waals surface area contributed by atoms with Crippen LogP contribution in [-0.4, -0.2) is 36.0 Å². The Kier molecular flexibility index (Phi) is 4.60. The molecule has 0 saturated carbocycles. The minimum atomic E-state index is -0.416. The zero-order valence-electron chi connectivity index (χ0n) is 12.2. The molecule has 1 unspecified atom stereocenters. The van der Waals surface area contributed by atoms with Gasteiger partial charge in [-0.2, -0.15) is 0 Å². The number of carbonyl (C=O) groups excluding carboxylic acids is 1. The molecule has 0 radical (unpaired) electrons. The minimum Gasteiger partial charge on any atom is -0.381 e. The van der Waals surface area contributed by atoms with Gasteiger partial charge < -0.3 is 10.6 Å². The number of benzene rings is 1. The summed E-state index contributed by atoms with van der Waals surface area (Å²) in [5.41, 5.74) is 1.06. The van der Waals surface area contributed by atoms with Crippen LogP contribution < -0.4 is 10.6 Å². The monoisotopic (exact) mass is 279 g/mol. The van der Waals surface area contributed by atoms with Crippen molar-refractivity contribution in [1.29, 1.82) is 0 Å². The van der Waals surface area contributed by atoms with Crippen molar-refractivity contribution >= 4 is 17.3 Å². The van der Waals surface area contributed by atoms with Gasteiger partial charge in [0.05, 0.1) is 5.69 Å². The lowest BCUT2D eigenvalue weighted by molar-refractivity contribution is -0.114. The summed E-state index contributed by atoms with van der Waals surface area (Å²) in [6, 6.07) is 5.65. The molecule has 1 saturated heterocycles. The maximum Gasteiger partial charge on any atom is 0.221 e. The highest BCUT2D eigenvalue weighted by Gasteiger charge is 2.24. The lowest BCUT2D eigenvalue weighted by Crippen LogP contribution is -2.31. The van der Waals surface area contributed by atoms with E-state index in [0.29, 0.717) is 12.1 Å². The average Bonchev–Trinajstić information content (AvgIpc) is 2.81. The summed E-state index contributed by atoms with van der Waals surface area (Å²) < 4.78 is 13.6. The molecule has 1 aromatic carbocycles. The van der Waals surface area contributed by atoms with Gasteiger partial charge in [0.25, 0.3) is 0 Å². The molecule has 5 heteroatoms. The first-order valence-electron chi connectivity index (χ1n) is 7.03. The first-order chi connectivity index (χ1) is 9.45. The Morgan fingerprint density at radius 2 is 2.20 bits per heavy atom. The molecule has 110 valence electrons. The molecule has 1 aliphatic heterocycles. The highest BCUT2D eigenvalue weighted by atomic mass is 19.1. The molecule has 1 aromatic rings. The first kappa shape index (κ1) is 14.8. The van der Waals surface area contributed by atoms with Crippen LogP contribution in [0, 0.1) is 5.82 Å². The van der Waals surface area contributed by atoms with Crippen LogP contribution in [0.4, 0.5) is 15.8 Å². The Bertz CT molecular complexity index is 490. The summed E-state index contributed by atoms with van der Waals surface area (Å²) in [5, 5.41) is 5.91. The second-order valence-corrected chi connectivity index (χ2v) is 5.59. The van der Waals surface area contributed by atoms with Crippen molar-refractivity contribution in [2.45, 2.75) is 39.3 Å². The normalized spacial score (nSPS) is 19.4. The molecule has 0 bridgehead atoms. The fourth-order valence-electron chi connectivity index (χ4n) is 2.51. The van der Waals surface area contributed by atoms with Crippen LogP contribution in [0.3, 0.4) is 0 Å². The highest BCUT2D eigenvalue weighted by Crippen LogP contribution is 2.22. The van der Waals surface area contributed by atoms with Gasteiger partial charge in [-0.3, -0.25) is 9.69 Å². The Balaban J connectivity index is 2.01. The summed E-state index contributed by atoms with van der Waals surface area (Å²) >= 11 is 0. The molecule has 2 N–H and O–H groups in total. The Hall–Kier alpha value is -1.62. The molecular formula is C15H22FN3O. The van der Waals surface area contributed by atoms with Crippen LogP contribution in [0.5, 0.6) is 0 Å². The van der Waals surface area contributed by atoms with E-state index in [-0.39, 0.29) is 11.6 Å². The van der Waals surface area contributed by atoms with E-state index in [1.165, 1.54) is 13.0 Å². The van der Waals surface area contributed by atoms with E-state index in [0.717, 1.165) is 25.2 Å². The van der Waals surface area contributed by atoms with E-state index in [1.54, 1.807) is 12.1 Å². The van der Waals surface area contributed by atoms with Crippen molar-refractivity contribution in [2.75, 3.05) is 23.7 Å². The Morgan fingerprint density at radius 1 is 1.45 bits per heavy atom. The van der Waals surface area contributed by atoms with Gasteiger partial charge in [-0.1, -0.05) is 0 Å². The molecule has 20 heavy (non-hydrogen) atoms. The molecule has 1 aliphatic rings. The van der Waals surface area contributed by atoms with E-state index in [2.05, 4.69) is 29.4 Å². The summed E-state index contributed by atoms with van der Waals surface area (Å²) in [7, 11) is 0. The van der Waals surface area contributed by atoms with Gasteiger partial charge in [-0.05, 0) is 38.5 Å². The predicted octanol–water partition coefficient (Wildman–Crippen LogP) is 2.68. The van der Waals surface area contributed by atoms with E-state index in [9.17, 15) is 9.18 Å². The van der Waals surface area contributed by atoms with E-state index < -0.39 is 5.82 Å². The van der Waals surface area contributed by atoms with Crippen LogP contribution in [0.1, 0.15) is 27.2 Å². The number of amides is 1. The van der Waals surface area contributed by atoms with Gasteiger partial charge in [0.1, 0.15) is 5.82 Å². The highest BCUT2D eigenvalue weighted by molar-refractivity contribution is 5.89. The SMILES string of the molecule is CC(=O)Nc1cc(NC2CCN(C(C)C)C2)ccc1F. The van der Waals surface area contributed by atoms with Crippen LogP contribution in [0.15, 0.2) is 18.2 Å². The summed E-state index contributed by atoms with van der Waals surface area (Å²) in [5.74, 6) is -0.686. The molecule has 1 fully saturated rings. The number of rotatable bonds is 4. The Labute approximate surface area is 119 Å². The minimum absolute atomic E-state index is 0.223. The molecule has 1 heterocycles. The largest absolute Gasteiger partial charge is 0.381 e. The first-order valence-corrected chi connectivity index (χ1v) is 7.03. The number of halogens is 1. The quantitative estimate of drug-likeness (QED) is 0.890. The number of anilines is 2. The van der Waals surface area contributed by atoms with Crippen molar-refractivity contribution in [3.05, 3.63) is 24.0 Å².